The molecule has 94 valence electrons. The third-order valence-electron chi connectivity index (χ3n) is 3.56. The molecule has 2 saturated heterocycles. The highest BCUT2D eigenvalue weighted by molar-refractivity contribution is 5.85. The van der Waals surface area contributed by atoms with Crippen LogP contribution in [0.15, 0.2) is 0 Å². The Labute approximate surface area is 104 Å². The number of carbonyl (C=O) groups excluding carboxylic acids is 1. The van der Waals surface area contributed by atoms with Crippen LogP contribution in [0.4, 0.5) is 0 Å². The van der Waals surface area contributed by atoms with E-state index >= 15 is 0 Å². The third kappa shape index (κ3) is 3.63. The number of halogens is 1. The topological polar surface area (TPSA) is 32.3 Å². The van der Waals surface area contributed by atoms with Gasteiger partial charge in [0.05, 0.1) is 5.92 Å². The molecule has 0 bridgehead atoms. The fraction of sp³-hybridized carbons (Fsp3) is 0.917. The van der Waals surface area contributed by atoms with Gasteiger partial charge in [0.15, 0.2) is 0 Å². The van der Waals surface area contributed by atoms with Crippen molar-refractivity contribution in [1.82, 2.24) is 10.2 Å². The summed E-state index contributed by atoms with van der Waals surface area (Å²) in [5, 5.41) is 3.32. The highest BCUT2D eigenvalue weighted by Crippen LogP contribution is 2.17. The van der Waals surface area contributed by atoms with Crippen LogP contribution in [0.25, 0.3) is 0 Å². The van der Waals surface area contributed by atoms with Crippen molar-refractivity contribution < 1.29 is 4.79 Å². The van der Waals surface area contributed by atoms with Crippen LogP contribution in [0.2, 0.25) is 0 Å². The lowest BCUT2D eigenvalue weighted by Gasteiger charge is -2.28. The highest BCUT2D eigenvalue weighted by Gasteiger charge is 2.25. The number of rotatable bonds is 1. The first-order chi connectivity index (χ1) is 7.38. The highest BCUT2D eigenvalue weighted by atomic mass is 35.5. The second kappa shape index (κ2) is 7.13. The fourth-order valence-electron chi connectivity index (χ4n) is 2.61. The molecule has 0 spiro atoms. The Bertz CT molecular complexity index is 209. The Morgan fingerprint density at radius 2 is 1.75 bits per heavy atom. The van der Waals surface area contributed by atoms with Gasteiger partial charge >= 0.3 is 0 Å². The van der Waals surface area contributed by atoms with E-state index in [1.165, 1.54) is 25.7 Å². The maximum Gasteiger partial charge on any atom is 0.226 e. The predicted molar refractivity (Wildman–Crippen MR) is 67.9 cm³/mol. The number of piperidine rings is 1. The van der Waals surface area contributed by atoms with Gasteiger partial charge in [0.2, 0.25) is 5.91 Å². The minimum absolute atomic E-state index is 0. The van der Waals surface area contributed by atoms with Crippen LogP contribution < -0.4 is 5.32 Å². The lowest BCUT2D eigenvalue weighted by atomic mass is 9.98. The summed E-state index contributed by atoms with van der Waals surface area (Å²) in [5.41, 5.74) is 0. The van der Waals surface area contributed by atoms with Gasteiger partial charge in [0.1, 0.15) is 0 Å². The molecule has 2 rings (SSSR count). The van der Waals surface area contributed by atoms with Gasteiger partial charge < -0.3 is 10.2 Å². The predicted octanol–water partition coefficient (Wildman–Crippen LogP) is 1.81. The molecule has 3 nitrogen and oxygen atoms in total. The zero-order chi connectivity index (χ0) is 10.5. The van der Waals surface area contributed by atoms with E-state index in [1.807, 2.05) is 0 Å². The molecule has 0 radical (unpaired) electrons. The summed E-state index contributed by atoms with van der Waals surface area (Å²) in [7, 11) is 0. The van der Waals surface area contributed by atoms with Crippen molar-refractivity contribution in [3.05, 3.63) is 0 Å². The summed E-state index contributed by atoms with van der Waals surface area (Å²) in [4.78, 5) is 14.3. The van der Waals surface area contributed by atoms with Gasteiger partial charge in [-0.2, -0.15) is 0 Å². The Hall–Kier alpha value is -0.280. The lowest BCUT2D eigenvalue weighted by Crippen LogP contribution is -2.43. The number of nitrogens with one attached hydrogen (secondary N) is 1. The Morgan fingerprint density at radius 1 is 1.06 bits per heavy atom. The second-order valence-electron chi connectivity index (χ2n) is 4.78. The molecule has 2 heterocycles. The summed E-state index contributed by atoms with van der Waals surface area (Å²) in [6, 6.07) is 0. The Morgan fingerprint density at radius 3 is 2.31 bits per heavy atom. The largest absolute Gasteiger partial charge is 0.342 e. The molecule has 0 aromatic rings. The quantitative estimate of drug-likeness (QED) is 0.766. The van der Waals surface area contributed by atoms with Crippen molar-refractivity contribution in [3.8, 4) is 0 Å². The van der Waals surface area contributed by atoms with Gasteiger partial charge in [0.25, 0.3) is 0 Å². The van der Waals surface area contributed by atoms with Crippen LogP contribution in [-0.4, -0.2) is 37.0 Å². The van der Waals surface area contributed by atoms with Crippen LogP contribution in [0.3, 0.4) is 0 Å². The molecule has 0 aliphatic carbocycles. The van der Waals surface area contributed by atoms with Gasteiger partial charge in [0, 0.05) is 19.6 Å². The van der Waals surface area contributed by atoms with Crippen LogP contribution in [0.1, 0.15) is 38.5 Å². The molecule has 1 amide bonds. The first kappa shape index (κ1) is 13.8. The van der Waals surface area contributed by atoms with Crippen LogP contribution >= 0.6 is 12.4 Å². The van der Waals surface area contributed by atoms with Crippen molar-refractivity contribution in [1.29, 1.82) is 0 Å². The number of hydrogen-bond donors (Lipinski definition) is 1. The number of likely N-dealkylation sites (tertiary alicyclic amines) is 1. The Balaban J connectivity index is 0.00000128. The van der Waals surface area contributed by atoms with Crippen molar-refractivity contribution in [2.45, 2.75) is 38.5 Å². The van der Waals surface area contributed by atoms with E-state index in [9.17, 15) is 4.79 Å². The average molecular weight is 247 g/mol. The van der Waals surface area contributed by atoms with Gasteiger partial charge in [-0.3, -0.25) is 4.79 Å². The standard InChI is InChI=1S/C12H22N2O.ClH/c15-12(11-6-5-7-13-10-11)14-8-3-1-2-4-9-14;/h11,13H,1-10H2;1H. The number of amides is 1. The van der Waals surface area contributed by atoms with Gasteiger partial charge in [-0.15, -0.1) is 12.4 Å². The first-order valence-electron chi connectivity index (χ1n) is 6.37. The van der Waals surface area contributed by atoms with E-state index < -0.39 is 0 Å². The first-order valence-corrected chi connectivity index (χ1v) is 6.37. The lowest BCUT2D eigenvalue weighted by molar-refractivity contribution is -0.136. The molecule has 16 heavy (non-hydrogen) atoms. The fourth-order valence-corrected chi connectivity index (χ4v) is 2.61. The average Bonchev–Trinajstić information content (AvgIpc) is 2.58. The molecular formula is C12H23ClN2O. The SMILES string of the molecule is Cl.O=C(C1CCCNC1)N1CCCCCC1. The molecule has 4 heteroatoms. The zero-order valence-electron chi connectivity index (χ0n) is 9.91. The maximum absolute atomic E-state index is 12.2. The van der Waals surface area contributed by atoms with E-state index in [0.29, 0.717) is 5.91 Å². The maximum atomic E-state index is 12.2. The second-order valence-corrected chi connectivity index (χ2v) is 4.78. The summed E-state index contributed by atoms with van der Waals surface area (Å²) in [5.74, 6) is 0.668. The molecule has 0 saturated carbocycles. The molecular weight excluding hydrogens is 224 g/mol. The molecule has 0 aromatic carbocycles. The monoisotopic (exact) mass is 246 g/mol. The molecule has 2 aliphatic heterocycles. The Kier molecular flexibility index (Phi) is 6.14. The van der Waals surface area contributed by atoms with Crippen LogP contribution in [-0.2, 0) is 4.79 Å². The van der Waals surface area contributed by atoms with Crippen molar-refractivity contribution in [2.75, 3.05) is 26.2 Å². The molecule has 0 aromatic heterocycles. The summed E-state index contributed by atoms with van der Waals surface area (Å²) >= 11 is 0. The van der Waals surface area contributed by atoms with Gasteiger partial charge in [-0.05, 0) is 32.2 Å². The minimum atomic E-state index is 0. The van der Waals surface area contributed by atoms with Crippen molar-refractivity contribution in [3.63, 3.8) is 0 Å². The molecule has 2 fully saturated rings. The molecule has 1 N–H and O–H groups in total. The third-order valence-corrected chi connectivity index (χ3v) is 3.56. The number of hydrogen-bond acceptors (Lipinski definition) is 2. The number of carbonyl (C=O) groups is 1. The number of nitrogens with zero attached hydrogens (tertiary/aromatic N) is 1. The van der Waals surface area contributed by atoms with Crippen molar-refractivity contribution in [2.24, 2.45) is 5.92 Å². The van der Waals surface area contributed by atoms with E-state index in [2.05, 4.69) is 10.2 Å². The van der Waals surface area contributed by atoms with E-state index in [-0.39, 0.29) is 18.3 Å². The van der Waals surface area contributed by atoms with E-state index in [1.54, 1.807) is 0 Å². The van der Waals surface area contributed by atoms with Crippen LogP contribution in [0.5, 0.6) is 0 Å². The molecule has 1 unspecified atom stereocenters. The smallest absolute Gasteiger partial charge is 0.226 e. The summed E-state index contributed by atoms with van der Waals surface area (Å²) in [6.45, 7) is 3.98. The van der Waals surface area contributed by atoms with E-state index in [4.69, 9.17) is 0 Å². The van der Waals surface area contributed by atoms with Crippen molar-refractivity contribution >= 4 is 18.3 Å². The zero-order valence-corrected chi connectivity index (χ0v) is 10.7. The van der Waals surface area contributed by atoms with Gasteiger partial charge in [-0.1, -0.05) is 12.8 Å². The van der Waals surface area contributed by atoms with Crippen LogP contribution in [0, 0.1) is 5.92 Å². The minimum Gasteiger partial charge on any atom is -0.342 e. The summed E-state index contributed by atoms with van der Waals surface area (Å²) in [6.07, 6.45) is 7.24. The molecule has 1 atom stereocenters. The summed E-state index contributed by atoms with van der Waals surface area (Å²) < 4.78 is 0. The molecule has 2 aliphatic rings. The van der Waals surface area contributed by atoms with E-state index in [0.717, 1.165) is 39.0 Å². The normalized spacial score (nSPS) is 26.8. The van der Waals surface area contributed by atoms with Gasteiger partial charge in [-0.25, -0.2) is 0 Å².